The highest BCUT2D eigenvalue weighted by Gasteiger charge is 2.19. The van der Waals surface area contributed by atoms with Crippen molar-refractivity contribution in [2.24, 2.45) is 0 Å². The Labute approximate surface area is 277 Å². The van der Waals surface area contributed by atoms with Crippen LogP contribution >= 0.6 is 0 Å². The van der Waals surface area contributed by atoms with Gasteiger partial charge in [0.1, 0.15) is 0 Å². The molecule has 0 saturated heterocycles. The van der Waals surface area contributed by atoms with Gasteiger partial charge in [0.25, 0.3) is 0 Å². The quantitative estimate of drug-likeness (QED) is 0.172. The van der Waals surface area contributed by atoms with Gasteiger partial charge in [-0.15, -0.1) is 0 Å². The molecule has 0 aliphatic heterocycles. The molecule has 2 heterocycles. The molecule has 0 saturated carbocycles. The highest BCUT2D eigenvalue weighted by Crippen LogP contribution is 2.42. The number of rotatable bonds is 8. The van der Waals surface area contributed by atoms with Gasteiger partial charge in [-0.3, -0.25) is 9.97 Å². The average Bonchev–Trinajstić information content (AvgIpc) is 3.16. The van der Waals surface area contributed by atoms with Crippen LogP contribution in [0.3, 0.4) is 0 Å². The molecule has 4 aromatic carbocycles. The Morgan fingerprint density at radius 1 is 0.574 bits per heavy atom. The molecule has 3 nitrogen and oxygen atoms in total. The van der Waals surface area contributed by atoms with E-state index in [1.165, 1.54) is 27.8 Å². The topological polar surface area (TPSA) is 29.0 Å². The molecule has 0 radical (unpaired) electrons. The first kappa shape index (κ1) is 29.9. The molecule has 0 atom stereocenters. The van der Waals surface area contributed by atoms with E-state index >= 15 is 0 Å². The second kappa shape index (κ2) is 13.7. The Morgan fingerprint density at radius 3 is 1.81 bits per heavy atom. The fraction of sp³-hybridized carbons (Fsp3) is 0.0909. The van der Waals surface area contributed by atoms with E-state index in [9.17, 15) is 0 Å². The normalized spacial score (nSPS) is 12.9. The van der Waals surface area contributed by atoms with Crippen molar-refractivity contribution >= 4 is 28.2 Å². The fourth-order valence-electron chi connectivity index (χ4n) is 6.11. The summed E-state index contributed by atoms with van der Waals surface area (Å²) in [6, 6.07) is 45.3. The van der Waals surface area contributed by atoms with Crippen molar-refractivity contribution in [3.8, 4) is 33.6 Å². The summed E-state index contributed by atoms with van der Waals surface area (Å²) >= 11 is 0. The molecule has 0 amide bonds. The van der Waals surface area contributed by atoms with Crippen molar-refractivity contribution in [2.75, 3.05) is 4.90 Å². The summed E-state index contributed by atoms with van der Waals surface area (Å²) in [7, 11) is 0. The molecule has 47 heavy (non-hydrogen) atoms. The van der Waals surface area contributed by atoms with Crippen LogP contribution in [0.2, 0.25) is 0 Å². The van der Waals surface area contributed by atoms with E-state index < -0.39 is 0 Å². The molecule has 0 spiro atoms. The van der Waals surface area contributed by atoms with Gasteiger partial charge in [-0.05, 0) is 133 Å². The van der Waals surface area contributed by atoms with Crippen molar-refractivity contribution < 1.29 is 0 Å². The molecule has 228 valence electrons. The lowest BCUT2D eigenvalue weighted by molar-refractivity contribution is 1.04. The Hall–Kier alpha value is -5.80. The zero-order chi connectivity index (χ0) is 32.0. The maximum atomic E-state index is 4.76. The van der Waals surface area contributed by atoms with Crippen LogP contribution in [0.1, 0.15) is 37.8 Å². The SMILES string of the molecule is C/C=C(\C)c1cc(-c2ccccn2)cc(N(c2ccc(-c3ccccc3)cc2)c2cc(C3=CCCC=C3)cc(-c3ccccn3)c2)c1. The molecule has 6 aromatic rings. The summed E-state index contributed by atoms with van der Waals surface area (Å²) in [5.41, 5.74) is 14.4. The minimum atomic E-state index is 0.944. The Morgan fingerprint density at radius 2 is 1.19 bits per heavy atom. The Balaban J connectivity index is 1.47. The number of allylic oxidation sites excluding steroid dienone is 6. The first-order valence-corrected chi connectivity index (χ1v) is 16.3. The number of hydrogen-bond donors (Lipinski definition) is 0. The third-order valence-electron chi connectivity index (χ3n) is 8.72. The van der Waals surface area contributed by atoms with Gasteiger partial charge in [0, 0.05) is 40.6 Å². The van der Waals surface area contributed by atoms with Crippen LogP contribution in [0.25, 0.3) is 44.8 Å². The number of benzene rings is 4. The predicted octanol–water partition coefficient (Wildman–Crippen LogP) is 12.1. The summed E-state index contributed by atoms with van der Waals surface area (Å²) < 4.78 is 0. The Bertz CT molecular complexity index is 2070. The van der Waals surface area contributed by atoms with Gasteiger partial charge < -0.3 is 4.90 Å². The number of nitrogens with zero attached hydrogens (tertiary/aromatic N) is 3. The lowest BCUT2D eigenvalue weighted by Crippen LogP contribution is -2.11. The maximum Gasteiger partial charge on any atom is 0.0702 e. The Kier molecular flexibility index (Phi) is 8.70. The van der Waals surface area contributed by atoms with Gasteiger partial charge >= 0.3 is 0 Å². The lowest BCUT2D eigenvalue weighted by atomic mass is 9.95. The van der Waals surface area contributed by atoms with Crippen molar-refractivity contribution in [2.45, 2.75) is 26.7 Å². The molecular formula is C44H37N3. The summed E-state index contributed by atoms with van der Waals surface area (Å²) in [6.45, 7) is 4.26. The van der Waals surface area contributed by atoms with Gasteiger partial charge in [-0.25, -0.2) is 0 Å². The van der Waals surface area contributed by atoms with Crippen molar-refractivity contribution in [1.82, 2.24) is 9.97 Å². The van der Waals surface area contributed by atoms with E-state index in [4.69, 9.17) is 9.97 Å². The number of anilines is 3. The van der Waals surface area contributed by atoms with Crippen molar-refractivity contribution in [1.29, 1.82) is 0 Å². The smallest absolute Gasteiger partial charge is 0.0702 e. The molecule has 1 aliphatic rings. The first-order valence-electron chi connectivity index (χ1n) is 16.3. The van der Waals surface area contributed by atoms with Crippen LogP contribution in [0.5, 0.6) is 0 Å². The molecular weight excluding hydrogens is 571 g/mol. The number of aromatic nitrogens is 2. The second-order valence-electron chi connectivity index (χ2n) is 11.8. The minimum absolute atomic E-state index is 0.944. The van der Waals surface area contributed by atoms with Gasteiger partial charge in [-0.2, -0.15) is 0 Å². The average molecular weight is 608 g/mol. The van der Waals surface area contributed by atoms with Crippen LogP contribution < -0.4 is 4.90 Å². The lowest BCUT2D eigenvalue weighted by Gasteiger charge is -2.28. The minimum Gasteiger partial charge on any atom is -0.310 e. The van der Waals surface area contributed by atoms with Crippen molar-refractivity contribution in [3.05, 3.63) is 175 Å². The third kappa shape index (κ3) is 6.61. The highest BCUT2D eigenvalue weighted by molar-refractivity contribution is 5.88. The number of pyridine rings is 2. The van der Waals surface area contributed by atoms with Gasteiger partial charge in [-0.1, -0.05) is 78.9 Å². The molecule has 0 bridgehead atoms. The van der Waals surface area contributed by atoms with Crippen LogP contribution in [0.15, 0.2) is 164 Å². The zero-order valence-corrected chi connectivity index (χ0v) is 26.8. The van der Waals surface area contributed by atoms with Gasteiger partial charge in [0.2, 0.25) is 0 Å². The van der Waals surface area contributed by atoms with E-state index in [0.29, 0.717) is 0 Å². The maximum absolute atomic E-state index is 4.76. The van der Waals surface area contributed by atoms with Gasteiger partial charge in [0.05, 0.1) is 11.4 Å². The van der Waals surface area contributed by atoms with Crippen LogP contribution in [0.4, 0.5) is 17.1 Å². The molecule has 7 rings (SSSR count). The zero-order valence-electron chi connectivity index (χ0n) is 26.8. The second-order valence-corrected chi connectivity index (χ2v) is 11.8. The summed E-state index contributed by atoms with van der Waals surface area (Å²) in [6.07, 6.45) is 14.9. The molecule has 0 fully saturated rings. The van der Waals surface area contributed by atoms with Crippen LogP contribution in [-0.4, -0.2) is 9.97 Å². The third-order valence-corrected chi connectivity index (χ3v) is 8.72. The van der Waals surface area contributed by atoms with E-state index in [1.807, 2.05) is 30.6 Å². The summed E-state index contributed by atoms with van der Waals surface area (Å²) in [5.74, 6) is 0. The van der Waals surface area contributed by atoms with E-state index in [2.05, 4.69) is 152 Å². The first-order chi connectivity index (χ1) is 23.2. The largest absolute Gasteiger partial charge is 0.310 e. The molecule has 3 heteroatoms. The molecule has 0 N–H and O–H groups in total. The van der Waals surface area contributed by atoms with E-state index in [1.54, 1.807) is 0 Å². The van der Waals surface area contributed by atoms with E-state index in [0.717, 1.165) is 58.0 Å². The summed E-state index contributed by atoms with van der Waals surface area (Å²) in [4.78, 5) is 11.9. The highest BCUT2D eigenvalue weighted by atomic mass is 15.1. The molecule has 0 unspecified atom stereocenters. The fourth-order valence-corrected chi connectivity index (χ4v) is 6.11. The summed E-state index contributed by atoms with van der Waals surface area (Å²) in [5, 5.41) is 0. The van der Waals surface area contributed by atoms with E-state index in [-0.39, 0.29) is 0 Å². The standard InChI is InChI=1S/C44H37N3/c1-3-32(2)36-26-38(43-18-10-12-24-45-43)30-41(28-36)47(40-22-20-35(21-23-40)33-14-6-4-7-15-33)42-29-37(34-16-8-5-9-17-34)27-39(31-42)44-19-11-13-25-46-44/h3-4,6-8,10-31H,5,9H2,1-2H3/b32-3+. The molecule has 2 aromatic heterocycles. The van der Waals surface area contributed by atoms with Crippen molar-refractivity contribution in [3.63, 3.8) is 0 Å². The predicted molar refractivity (Wildman–Crippen MR) is 199 cm³/mol. The molecule has 1 aliphatic carbocycles. The van der Waals surface area contributed by atoms with Gasteiger partial charge in [0.15, 0.2) is 0 Å². The monoisotopic (exact) mass is 607 g/mol. The van der Waals surface area contributed by atoms with Crippen LogP contribution in [-0.2, 0) is 0 Å². The number of hydrogen-bond acceptors (Lipinski definition) is 3. The van der Waals surface area contributed by atoms with Crippen LogP contribution in [0, 0.1) is 0 Å².